The number of aromatic nitrogens is 2. The van der Waals surface area contributed by atoms with Crippen molar-refractivity contribution in [2.24, 2.45) is 0 Å². The molecule has 1 heterocycles. The molecule has 3 nitrogen and oxygen atoms in total. The fraction of sp³-hybridized carbons (Fsp3) is 0.0909. The number of benzene rings is 1. The molecule has 0 aliphatic heterocycles. The lowest BCUT2D eigenvalue weighted by atomic mass is 10.1. The zero-order valence-corrected chi connectivity index (χ0v) is 9.01. The van der Waals surface area contributed by atoms with E-state index in [0.717, 1.165) is 0 Å². The Labute approximate surface area is 106 Å². The van der Waals surface area contributed by atoms with Crippen molar-refractivity contribution in [2.45, 2.75) is 6.37 Å². The lowest BCUT2D eigenvalue weighted by Gasteiger charge is -2.04. The molecule has 2 aromatic rings. The molecule has 2 rings (SSSR count). The summed E-state index contributed by atoms with van der Waals surface area (Å²) in [5.41, 5.74) is 4.78. The van der Waals surface area contributed by atoms with E-state index in [1.165, 1.54) is 6.20 Å². The number of nitrogen functional groups attached to an aromatic ring is 1. The molecule has 0 radical (unpaired) electrons. The van der Waals surface area contributed by atoms with Crippen LogP contribution in [0.5, 0.6) is 0 Å². The van der Waals surface area contributed by atoms with Crippen molar-refractivity contribution in [3.63, 3.8) is 0 Å². The Kier molecular flexibility index (Phi) is 1.35. The van der Waals surface area contributed by atoms with Crippen LogP contribution in [0.3, 0.4) is 0 Å². The average Bonchev–Trinajstić information content (AvgIpc) is 2.45. The van der Waals surface area contributed by atoms with Gasteiger partial charge >= 0.3 is 0 Å². The molecule has 1 aromatic heterocycles. The first-order valence-electron chi connectivity index (χ1n) is 7.45. The minimum atomic E-state index is -2.51. The summed E-state index contributed by atoms with van der Waals surface area (Å²) in [7, 11) is 0. The van der Waals surface area contributed by atoms with Crippen LogP contribution in [0.25, 0.3) is 0 Å². The Morgan fingerprint density at radius 1 is 1.40 bits per heavy atom. The molecule has 0 saturated carbocycles. The zero-order valence-electron chi connectivity index (χ0n) is 14.4. The van der Waals surface area contributed by atoms with Crippen LogP contribution in [0, 0.1) is 0 Å². The van der Waals surface area contributed by atoms with Crippen molar-refractivity contribution in [3.05, 3.63) is 52.3 Å². The Bertz CT molecular complexity index is 737. The fourth-order valence-electron chi connectivity index (χ4n) is 0.900. The van der Waals surface area contributed by atoms with Crippen molar-refractivity contribution in [1.29, 1.82) is 0 Å². The van der Waals surface area contributed by atoms with Crippen LogP contribution >= 0.6 is 15.9 Å². The third-order valence-electron chi connectivity index (χ3n) is 1.51. The summed E-state index contributed by atoms with van der Waals surface area (Å²) < 4.78 is 55.1. The maximum absolute atomic E-state index is 8.19. The Balaban J connectivity index is 2.82. The maximum atomic E-state index is 8.19. The van der Waals surface area contributed by atoms with Gasteiger partial charge in [-0.2, -0.15) is 0 Å². The smallest absolute Gasteiger partial charge is 0.145 e. The van der Waals surface area contributed by atoms with Crippen LogP contribution in [-0.4, -0.2) is 9.97 Å². The van der Waals surface area contributed by atoms with E-state index in [2.05, 4.69) is 25.9 Å². The van der Waals surface area contributed by atoms with Gasteiger partial charge in [0, 0.05) is 9.11 Å². The minimum Gasteiger partial charge on any atom is -0.382 e. The monoisotopic (exact) mass is 270 g/mol. The van der Waals surface area contributed by atoms with Gasteiger partial charge in [-0.25, -0.2) is 9.97 Å². The SMILES string of the molecule is [2H]c1c([2H])c([2H])c(C([2H])([2H])c2nc(Br)cnc2N)c([2H])c1[2H]. The van der Waals surface area contributed by atoms with Gasteiger partial charge in [0.05, 0.1) is 18.7 Å². The third kappa shape index (κ3) is 2.53. The maximum Gasteiger partial charge on any atom is 0.145 e. The number of anilines is 1. The highest BCUT2D eigenvalue weighted by Crippen LogP contribution is 2.14. The molecule has 0 saturated heterocycles. The molecule has 0 aliphatic carbocycles. The third-order valence-corrected chi connectivity index (χ3v) is 1.90. The summed E-state index contributed by atoms with van der Waals surface area (Å²) in [6.07, 6.45) is -1.23. The van der Waals surface area contributed by atoms with E-state index < -0.39 is 42.1 Å². The lowest BCUT2D eigenvalue weighted by molar-refractivity contribution is 1.02. The van der Waals surface area contributed by atoms with Gasteiger partial charge in [-0.05, 0) is 21.5 Å². The van der Waals surface area contributed by atoms with Crippen LogP contribution < -0.4 is 5.73 Å². The van der Waals surface area contributed by atoms with Gasteiger partial charge in [-0.15, -0.1) is 0 Å². The van der Waals surface area contributed by atoms with E-state index in [0.29, 0.717) is 0 Å². The Morgan fingerprint density at radius 2 is 2.13 bits per heavy atom. The molecule has 4 heteroatoms. The van der Waals surface area contributed by atoms with E-state index in [1.807, 2.05) is 0 Å². The molecular weight excluding hydrogens is 254 g/mol. The fourth-order valence-corrected chi connectivity index (χ4v) is 1.18. The summed E-state index contributed by atoms with van der Waals surface area (Å²) in [5.74, 6) is -0.222. The van der Waals surface area contributed by atoms with Crippen LogP contribution in [0.1, 0.15) is 20.9 Å². The largest absolute Gasteiger partial charge is 0.382 e. The highest BCUT2D eigenvalue weighted by Gasteiger charge is 2.04. The van der Waals surface area contributed by atoms with E-state index in [9.17, 15) is 0 Å². The van der Waals surface area contributed by atoms with Crippen molar-refractivity contribution in [1.82, 2.24) is 9.97 Å². The van der Waals surface area contributed by atoms with Crippen LogP contribution in [0.15, 0.2) is 41.0 Å². The first-order valence-corrected chi connectivity index (χ1v) is 4.74. The molecule has 0 amide bonds. The normalized spacial score (nSPS) is 17.8. The predicted octanol–water partition coefficient (Wildman–Crippen LogP) is 2.41. The lowest BCUT2D eigenvalue weighted by Crippen LogP contribution is -2.01. The quantitative estimate of drug-likeness (QED) is 0.912. The van der Waals surface area contributed by atoms with Crippen molar-refractivity contribution in [3.8, 4) is 0 Å². The molecule has 0 atom stereocenters. The van der Waals surface area contributed by atoms with Gasteiger partial charge < -0.3 is 5.73 Å². The zero-order chi connectivity index (χ0) is 16.8. The summed E-state index contributed by atoms with van der Waals surface area (Å²) >= 11 is 3.05. The number of rotatable bonds is 2. The summed E-state index contributed by atoms with van der Waals surface area (Å²) in [5, 5.41) is 0. The van der Waals surface area contributed by atoms with Crippen LogP contribution in [0.4, 0.5) is 5.82 Å². The van der Waals surface area contributed by atoms with Gasteiger partial charge in [0.15, 0.2) is 0 Å². The first kappa shape index (κ1) is 4.61. The predicted molar refractivity (Wildman–Crippen MR) is 63.4 cm³/mol. The van der Waals surface area contributed by atoms with Crippen molar-refractivity contribution < 1.29 is 9.60 Å². The Morgan fingerprint density at radius 3 is 2.87 bits per heavy atom. The first-order chi connectivity index (χ1) is 10.1. The van der Waals surface area contributed by atoms with E-state index in [1.54, 1.807) is 0 Å². The average molecular weight is 271 g/mol. The van der Waals surface area contributed by atoms with Crippen molar-refractivity contribution >= 4 is 21.7 Å². The molecule has 0 fully saturated rings. The molecule has 0 unspecified atom stereocenters. The molecule has 2 N–H and O–H groups in total. The molecule has 76 valence electrons. The second kappa shape index (κ2) is 4.40. The molecule has 0 aliphatic rings. The second-order valence-corrected chi connectivity index (χ2v) is 3.36. The van der Waals surface area contributed by atoms with Gasteiger partial charge in [-0.3, -0.25) is 0 Å². The van der Waals surface area contributed by atoms with Crippen LogP contribution in [0.2, 0.25) is 0 Å². The molecule has 1 aromatic carbocycles. The number of nitrogens with zero attached hydrogens (tertiary/aromatic N) is 2. The summed E-state index contributed by atoms with van der Waals surface area (Å²) in [6.45, 7) is 0. The van der Waals surface area contributed by atoms with Crippen LogP contribution in [-0.2, 0) is 6.37 Å². The van der Waals surface area contributed by atoms with E-state index >= 15 is 0 Å². The molecule has 0 bridgehead atoms. The minimum absolute atomic E-state index is 0.216. The van der Waals surface area contributed by atoms with Gasteiger partial charge in [0.1, 0.15) is 10.4 Å². The summed E-state index contributed by atoms with van der Waals surface area (Å²) in [6, 6.07) is -3.12. The van der Waals surface area contributed by atoms with E-state index in [-0.39, 0.29) is 16.1 Å². The highest BCUT2D eigenvalue weighted by atomic mass is 79.9. The number of halogens is 1. The Hall–Kier alpha value is -1.42. The molecular formula is C11H10BrN3. The van der Waals surface area contributed by atoms with Crippen molar-refractivity contribution in [2.75, 3.05) is 5.73 Å². The standard InChI is InChI=1S/C11H10BrN3/c12-10-7-14-11(13)9(15-10)6-8-4-2-1-3-5-8/h1-5,7H,6H2,(H2,13,14)/i1D,2D,3D,4D,5D,6D2. The summed E-state index contributed by atoms with van der Waals surface area (Å²) in [4.78, 5) is 7.67. The molecule has 15 heavy (non-hydrogen) atoms. The second-order valence-electron chi connectivity index (χ2n) is 2.55. The number of hydrogen-bond acceptors (Lipinski definition) is 3. The number of nitrogens with two attached hydrogens (primary N) is 1. The number of hydrogen-bond donors (Lipinski definition) is 1. The van der Waals surface area contributed by atoms with E-state index in [4.69, 9.17) is 15.3 Å². The highest BCUT2D eigenvalue weighted by molar-refractivity contribution is 9.10. The molecule has 0 spiro atoms. The van der Waals surface area contributed by atoms with Gasteiger partial charge in [-0.1, -0.05) is 30.2 Å². The van der Waals surface area contributed by atoms with Gasteiger partial charge in [0.2, 0.25) is 0 Å². The van der Waals surface area contributed by atoms with Gasteiger partial charge in [0.25, 0.3) is 0 Å². The topological polar surface area (TPSA) is 51.8 Å².